The largest absolute Gasteiger partial charge is 0.338 e. The second-order valence-corrected chi connectivity index (χ2v) is 8.03. The Morgan fingerprint density at radius 2 is 1.82 bits per heavy atom. The van der Waals surface area contributed by atoms with Crippen LogP contribution < -0.4 is 21.3 Å². The SMILES string of the molecule is Cc1cccc(Nc2nc(Nc3cccc(NC(=O)/C=C/CN4CCNCC4)c3)ncc2F)c1. The molecule has 8 nitrogen and oxygen atoms in total. The standard InChI is InChI=1S/C25H28FN7O/c1-18-5-2-6-19(15-18)30-24-22(26)17-28-25(32-24)31-21-8-3-7-20(16-21)29-23(34)9-4-12-33-13-10-27-11-14-33/h2-9,15-17,27H,10-14H2,1H3,(H,29,34)(H2,28,30,31,32)/b9-4+. The van der Waals surface area contributed by atoms with Crippen LogP contribution in [-0.4, -0.2) is 53.5 Å². The van der Waals surface area contributed by atoms with Crippen molar-refractivity contribution in [3.05, 3.63) is 78.3 Å². The van der Waals surface area contributed by atoms with Gasteiger partial charge in [0.2, 0.25) is 11.9 Å². The molecule has 9 heteroatoms. The minimum Gasteiger partial charge on any atom is -0.338 e. The van der Waals surface area contributed by atoms with Gasteiger partial charge in [-0.05, 0) is 42.8 Å². The summed E-state index contributed by atoms with van der Waals surface area (Å²) in [5.41, 5.74) is 3.08. The molecule has 4 rings (SSSR count). The summed E-state index contributed by atoms with van der Waals surface area (Å²) in [5, 5.41) is 12.2. The predicted molar refractivity (Wildman–Crippen MR) is 133 cm³/mol. The number of nitrogens with one attached hydrogen (secondary N) is 4. The summed E-state index contributed by atoms with van der Waals surface area (Å²) >= 11 is 0. The molecule has 176 valence electrons. The van der Waals surface area contributed by atoms with Crippen LogP contribution in [0.4, 0.5) is 33.2 Å². The molecule has 0 radical (unpaired) electrons. The van der Waals surface area contributed by atoms with Crippen molar-refractivity contribution >= 4 is 34.7 Å². The van der Waals surface area contributed by atoms with E-state index in [1.54, 1.807) is 24.3 Å². The van der Waals surface area contributed by atoms with E-state index in [-0.39, 0.29) is 17.7 Å². The number of aryl methyl sites for hydroxylation is 1. The van der Waals surface area contributed by atoms with E-state index in [1.807, 2.05) is 43.3 Å². The number of benzene rings is 2. The molecule has 0 unspecified atom stereocenters. The minimum absolute atomic E-state index is 0.0715. The number of rotatable bonds is 8. The molecule has 4 N–H and O–H groups in total. The van der Waals surface area contributed by atoms with Crippen LogP contribution in [0.25, 0.3) is 0 Å². The number of carbonyl (C=O) groups is 1. The fraction of sp³-hybridized carbons (Fsp3) is 0.240. The lowest BCUT2D eigenvalue weighted by Crippen LogP contribution is -2.43. The average Bonchev–Trinajstić information content (AvgIpc) is 2.82. The van der Waals surface area contributed by atoms with Crippen LogP contribution in [-0.2, 0) is 4.79 Å². The van der Waals surface area contributed by atoms with Crippen molar-refractivity contribution in [1.29, 1.82) is 0 Å². The van der Waals surface area contributed by atoms with E-state index in [0.29, 0.717) is 11.4 Å². The van der Waals surface area contributed by atoms with Gasteiger partial charge < -0.3 is 21.3 Å². The highest BCUT2D eigenvalue weighted by Gasteiger charge is 2.09. The minimum atomic E-state index is -0.555. The quantitative estimate of drug-likeness (QED) is 0.379. The van der Waals surface area contributed by atoms with Gasteiger partial charge in [-0.1, -0.05) is 24.3 Å². The van der Waals surface area contributed by atoms with Crippen molar-refractivity contribution < 1.29 is 9.18 Å². The third kappa shape index (κ3) is 6.84. The molecule has 1 fully saturated rings. The number of aromatic nitrogens is 2. The summed E-state index contributed by atoms with van der Waals surface area (Å²) in [6.07, 6.45) is 4.54. The van der Waals surface area contributed by atoms with E-state index in [1.165, 1.54) is 0 Å². The van der Waals surface area contributed by atoms with Gasteiger partial charge in [0, 0.05) is 55.9 Å². The zero-order valence-electron chi connectivity index (χ0n) is 19.0. The summed E-state index contributed by atoms with van der Waals surface area (Å²) in [7, 11) is 0. The average molecular weight is 462 g/mol. The highest BCUT2D eigenvalue weighted by molar-refractivity contribution is 5.99. The molecule has 0 spiro atoms. The summed E-state index contributed by atoms with van der Waals surface area (Å²) in [4.78, 5) is 22.8. The van der Waals surface area contributed by atoms with Crippen molar-refractivity contribution in [2.24, 2.45) is 0 Å². The molecule has 1 aliphatic rings. The molecule has 0 atom stereocenters. The molecule has 2 heterocycles. The lowest BCUT2D eigenvalue weighted by atomic mass is 10.2. The van der Waals surface area contributed by atoms with E-state index < -0.39 is 5.82 Å². The lowest BCUT2D eigenvalue weighted by molar-refractivity contribution is -0.111. The first kappa shape index (κ1) is 23.3. The second-order valence-electron chi connectivity index (χ2n) is 8.03. The predicted octanol–water partition coefficient (Wildman–Crippen LogP) is 3.81. The monoisotopic (exact) mass is 461 g/mol. The number of piperazine rings is 1. The van der Waals surface area contributed by atoms with Crippen molar-refractivity contribution in [1.82, 2.24) is 20.2 Å². The van der Waals surface area contributed by atoms with Crippen molar-refractivity contribution in [2.45, 2.75) is 6.92 Å². The van der Waals surface area contributed by atoms with Crippen molar-refractivity contribution in [3.8, 4) is 0 Å². The second kappa shape index (κ2) is 11.4. The van der Waals surface area contributed by atoms with Gasteiger partial charge in [-0.25, -0.2) is 9.37 Å². The first-order chi connectivity index (χ1) is 16.5. The molecule has 3 aromatic rings. The third-order valence-corrected chi connectivity index (χ3v) is 5.25. The summed E-state index contributed by atoms with van der Waals surface area (Å²) in [6.45, 7) is 6.61. The molecule has 1 saturated heterocycles. The van der Waals surface area contributed by atoms with E-state index in [0.717, 1.165) is 50.2 Å². The van der Waals surface area contributed by atoms with Gasteiger partial charge in [0.25, 0.3) is 0 Å². The maximum absolute atomic E-state index is 14.2. The number of amides is 1. The lowest BCUT2D eigenvalue weighted by Gasteiger charge is -2.25. The Bertz CT molecular complexity index is 1160. The summed E-state index contributed by atoms with van der Waals surface area (Å²) in [6, 6.07) is 14.8. The summed E-state index contributed by atoms with van der Waals surface area (Å²) < 4.78 is 14.2. The van der Waals surface area contributed by atoms with Gasteiger partial charge in [-0.2, -0.15) is 4.98 Å². The summed E-state index contributed by atoms with van der Waals surface area (Å²) in [5.74, 6) is -0.450. The van der Waals surface area contributed by atoms with Gasteiger partial charge in [-0.3, -0.25) is 9.69 Å². The Morgan fingerprint density at radius 1 is 1.09 bits per heavy atom. The van der Waals surface area contributed by atoms with E-state index in [9.17, 15) is 9.18 Å². The number of hydrogen-bond acceptors (Lipinski definition) is 7. The first-order valence-corrected chi connectivity index (χ1v) is 11.2. The molecule has 0 aliphatic carbocycles. The molecule has 0 saturated carbocycles. The number of nitrogens with zero attached hydrogens (tertiary/aromatic N) is 3. The first-order valence-electron chi connectivity index (χ1n) is 11.2. The fourth-order valence-electron chi connectivity index (χ4n) is 3.56. The maximum Gasteiger partial charge on any atom is 0.248 e. The molecule has 1 amide bonds. The van der Waals surface area contributed by atoms with Crippen molar-refractivity contribution in [2.75, 3.05) is 48.7 Å². The Morgan fingerprint density at radius 3 is 2.62 bits per heavy atom. The molecule has 0 bridgehead atoms. The maximum atomic E-state index is 14.2. The van der Waals surface area contributed by atoms with Gasteiger partial charge in [-0.15, -0.1) is 0 Å². The zero-order valence-corrected chi connectivity index (χ0v) is 19.0. The van der Waals surface area contributed by atoms with Crippen LogP contribution in [0.5, 0.6) is 0 Å². The van der Waals surface area contributed by atoms with E-state index in [2.05, 4.69) is 36.1 Å². The number of halogens is 1. The molecular formula is C25H28FN7O. The number of anilines is 5. The number of hydrogen-bond donors (Lipinski definition) is 4. The smallest absolute Gasteiger partial charge is 0.248 e. The topological polar surface area (TPSA) is 94.2 Å². The highest BCUT2D eigenvalue weighted by atomic mass is 19.1. The normalized spacial score (nSPS) is 14.2. The van der Waals surface area contributed by atoms with Crippen LogP contribution in [0.15, 0.2) is 66.9 Å². The highest BCUT2D eigenvalue weighted by Crippen LogP contribution is 2.22. The Kier molecular flexibility index (Phi) is 7.79. The van der Waals surface area contributed by atoms with E-state index in [4.69, 9.17) is 0 Å². The Hall–Kier alpha value is -3.82. The number of carbonyl (C=O) groups excluding carboxylic acids is 1. The van der Waals surface area contributed by atoms with Crippen LogP contribution in [0.3, 0.4) is 0 Å². The van der Waals surface area contributed by atoms with Gasteiger partial charge >= 0.3 is 0 Å². The van der Waals surface area contributed by atoms with Gasteiger partial charge in [0.1, 0.15) is 0 Å². The molecule has 2 aromatic carbocycles. The third-order valence-electron chi connectivity index (χ3n) is 5.25. The van der Waals surface area contributed by atoms with Crippen LogP contribution in [0.1, 0.15) is 5.56 Å². The van der Waals surface area contributed by atoms with Gasteiger partial charge in [0.05, 0.1) is 6.20 Å². The Labute approximate surface area is 198 Å². The molecule has 1 aromatic heterocycles. The van der Waals surface area contributed by atoms with Gasteiger partial charge in [0.15, 0.2) is 11.6 Å². The molecular weight excluding hydrogens is 433 g/mol. The Balaban J connectivity index is 1.36. The fourth-order valence-corrected chi connectivity index (χ4v) is 3.56. The molecule has 34 heavy (non-hydrogen) atoms. The van der Waals surface area contributed by atoms with Crippen LogP contribution in [0.2, 0.25) is 0 Å². The van der Waals surface area contributed by atoms with E-state index >= 15 is 0 Å². The zero-order chi connectivity index (χ0) is 23.8. The van der Waals surface area contributed by atoms with Crippen LogP contribution >= 0.6 is 0 Å². The molecule has 1 aliphatic heterocycles. The van der Waals surface area contributed by atoms with Crippen molar-refractivity contribution in [3.63, 3.8) is 0 Å². The van der Waals surface area contributed by atoms with Crippen LogP contribution in [0, 0.1) is 12.7 Å².